The fourth-order valence-corrected chi connectivity index (χ4v) is 4.19. The highest BCUT2D eigenvalue weighted by atomic mass is 32.1. The van der Waals surface area contributed by atoms with Crippen molar-refractivity contribution >= 4 is 27.4 Å². The highest BCUT2D eigenvalue weighted by Gasteiger charge is 2.27. The zero-order valence-electron chi connectivity index (χ0n) is 13.7. The maximum atomic E-state index is 9.61. The molecule has 2 aromatic heterocycles. The molecular formula is C16H24N4OS. The minimum Gasteiger partial charge on any atom is -0.392 e. The van der Waals surface area contributed by atoms with E-state index in [0.29, 0.717) is 6.04 Å². The predicted molar refractivity (Wildman–Crippen MR) is 91.8 cm³/mol. The Hall–Kier alpha value is -1.24. The molecule has 3 rings (SSSR count). The molecule has 0 spiro atoms. The molecule has 1 aliphatic heterocycles. The number of β-amino-alcohol motifs (C(OH)–C–C–N with tert-alkyl or cyclic N) is 1. The van der Waals surface area contributed by atoms with Gasteiger partial charge in [-0.25, -0.2) is 9.97 Å². The minimum atomic E-state index is -0.276. The number of nitrogens with zero attached hydrogens (tertiary/aromatic N) is 4. The van der Waals surface area contributed by atoms with Crippen molar-refractivity contribution in [3.63, 3.8) is 0 Å². The van der Waals surface area contributed by atoms with Gasteiger partial charge in [0.15, 0.2) is 0 Å². The first kappa shape index (κ1) is 15.6. The van der Waals surface area contributed by atoms with Crippen LogP contribution in [0.5, 0.6) is 0 Å². The van der Waals surface area contributed by atoms with Crippen molar-refractivity contribution < 1.29 is 5.11 Å². The van der Waals surface area contributed by atoms with E-state index < -0.39 is 0 Å². The van der Waals surface area contributed by atoms with Crippen LogP contribution in [0.1, 0.15) is 24.3 Å². The number of hydrogen-bond donors (Lipinski definition) is 1. The summed E-state index contributed by atoms with van der Waals surface area (Å²) in [6, 6.07) is 0.411. The number of thiophene rings is 1. The fraction of sp³-hybridized carbons (Fsp3) is 0.625. The standard InChI is InChI=1S/C16H24N4OS/c1-10-7-20(6-5-19(10)8-11(2)21)15-14-12(3)13(4)22-16(14)18-9-17-15/h9-11,21H,5-8H2,1-4H3/t10-,11+/m1/s1. The Morgan fingerprint density at radius 3 is 2.82 bits per heavy atom. The van der Waals surface area contributed by atoms with Crippen LogP contribution in [-0.4, -0.2) is 58.3 Å². The van der Waals surface area contributed by atoms with Gasteiger partial charge in [0.1, 0.15) is 17.0 Å². The van der Waals surface area contributed by atoms with Crippen LogP contribution in [0, 0.1) is 13.8 Å². The molecule has 5 nitrogen and oxygen atoms in total. The van der Waals surface area contributed by atoms with Crippen LogP contribution in [0.2, 0.25) is 0 Å². The topological polar surface area (TPSA) is 52.5 Å². The van der Waals surface area contributed by atoms with Gasteiger partial charge in [0.25, 0.3) is 0 Å². The van der Waals surface area contributed by atoms with E-state index in [9.17, 15) is 5.11 Å². The van der Waals surface area contributed by atoms with Gasteiger partial charge in [-0.3, -0.25) is 4.90 Å². The number of aryl methyl sites for hydroxylation is 2. The van der Waals surface area contributed by atoms with E-state index in [0.717, 1.165) is 36.8 Å². The summed E-state index contributed by atoms with van der Waals surface area (Å²) in [5.41, 5.74) is 1.30. The van der Waals surface area contributed by atoms with E-state index in [1.54, 1.807) is 17.7 Å². The van der Waals surface area contributed by atoms with Crippen LogP contribution >= 0.6 is 11.3 Å². The van der Waals surface area contributed by atoms with Crippen molar-refractivity contribution in [3.8, 4) is 0 Å². The molecule has 6 heteroatoms. The molecule has 2 aromatic rings. The first-order chi connectivity index (χ1) is 10.5. The second-order valence-electron chi connectivity index (χ2n) is 6.30. The van der Waals surface area contributed by atoms with Gasteiger partial charge in [0.05, 0.1) is 11.5 Å². The molecule has 2 atom stereocenters. The fourth-order valence-electron chi connectivity index (χ4n) is 3.20. The summed E-state index contributed by atoms with van der Waals surface area (Å²) < 4.78 is 0. The van der Waals surface area contributed by atoms with E-state index in [-0.39, 0.29) is 6.10 Å². The lowest BCUT2D eigenvalue weighted by Crippen LogP contribution is -2.53. The summed E-state index contributed by atoms with van der Waals surface area (Å²) in [4.78, 5) is 16.1. The molecule has 0 aliphatic carbocycles. The molecule has 0 amide bonds. The van der Waals surface area contributed by atoms with E-state index in [4.69, 9.17) is 0 Å². The van der Waals surface area contributed by atoms with E-state index in [1.165, 1.54) is 15.8 Å². The third-order valence-corrected chi connectivity index (χ3v) is 5.62. The van der Waals surface area contributed by atoms with Crippen LogP contribution < -0.4 is 4.90 Å². The Kier molecular flexibility index (Phi) is 4.34. The summed E-state index contributed by atoms with van der Waals surface area (Å²) in [7, 11) is 0. The Balaban J connectivity index is 1.87. The first-order valence-corrected chi connectivity index (χ1v) is 8.66. The quantitative estimate of drug-likeness (QED) is 0.939. The normalized spacial score (nSPS) is 21.5. The average molecular weight is 320 g/mol. The molecule has 1 saturated heterocycles. The molecule has 0 saturated carbocycles. The highest BCUT2D eigenvalue weighted by Crippen LogP contribution is 2.34. The number of piperazine rings is 1. The van der Waals surface area contributed by atoms with Crippen molar-refractivity contribution in [1.82, 2.24) is 14.9 Å². The zero-order valence-corrected chi connectivity index (χ0v) is 14.5. The molecule has 0 aromatic carbocycles. The third-order valence-electron chi connectivity index (χ3n) is 4.51. The first-order valence-electron chi connectivity index (χ1n) is 7.85. The van der Waals surface area contributed by atoms with Gasteiger partial charge in [-0.05, 0) is 33.3 Å². The molecule has 120 valence electrons. The van der Waals surface area contributed by atoms with Gasteiger partial charge in [0, 0.05) is 37.1 Å². The molecular weight excluding hydrogens is 296 g/mol. The van der Waals surface area contributed by atoms with Gasteiger partial charge in [-0.15, -0.1) is 11.3 Å². The van der Waals surface area contributed by atoms with E-state index in [2.05, 4.69) is 40.5 Å². The van der Waals surface area contributed by atoms with Gasteiger partial charge >= 0.3 is 0 Å². The Morgan fingerprint density at radius 2 is 2.14 bits per heavy atom. The molecule has 22 heavy (non-hydrogen) atoms. The van der Waals surface area contributed by atoms with Crippen LogP contribution in [-0.2, 0) is 0 Å². The Labute approximate surface area is 135 Å². The molecule has 0 bridgehead atoms. The molecule has 1 fully saturated rings. The van der Waals surface area contributed by atoms with Crippen molar-refractivity contribution in [1.29, 1.82) is 0 Å². The molecule has 1 N–H and O–H groups in total. The van der Waals surface area contributed by atoms with Crippen molar-refractivity contribution in [2.24, 2.45) is 0 Å². The number of fused-ring (bicyclic) bond motifs is 1. The van der Waals surface area contributed by atoms with E-state index >= 15 is 0 Å². The Bertz CT molecular complexity index is 669. The molecule has 1 aliphatic rings. The van der Waals surface area contributed by atoms with Crippen molar-refractivity contribution in [3.05, 3.63) is 16.8 Å². The number of rotatable bonds is 3. The average Bonchev–Trinajstić information content (AvgIpc) is 2.76. The second kappa shape index (κ2) is 6.10. The molecule has 0 radical (unpaired) electrons. The predicted octanol–water partition coefficient (Wildman–Crippen LogP) is 2.20. The summed E-state index contributed by atoms with van der Waals surface area (Å²) in [5.74, 6) is 1.07. The van der Waals surface area contributed by atoms with Crippen LogP contribution in [0.25, 0.3) is 10.2 Å². The van der Waals surface area contributed by atoms with Gasteiger partial charge in [-0.1, -0.05) is 0 Å². The van der Waals surface area contributed by atoms with Crippen LogP contribution in [0.4, 0.5) is 5.82 Å². The lowest BCUT2D eigenvalue weighted by Gasteiger charge is -2.41. The number of aliphatic hydroxyl groups is 1. The summed E-state index contributed by atoms with van der Waals surface area (Å²) in [6.45, 7) is 12.0. The number of aromatic nitrogens is 2. The summed E-state index contributed by atoms with van der Waals surface area (Å²) in [6.07, 6.45) is 1.40. The maximum absolute atomic E-state index is 9.61. The third kappa shape index (κ3) is 2.83. The lowest BCUT2D eigenvalue weighted by molar-refractivity contribution is 0.0959. The number of aliphatic hydroxyl groups excluding tert-OH is 1. The van der Waals surface area contributed by atoms with Crippen molar-refractivity contribution in [2.75, 3.05) is 31.1 Å². The second-order valence-corrected chi connectivity index (χ2v) is 7.50. The molecule has 3 heterocycles. The van der Waals surface area contributed by atoms with Crippen LogP contribution in [0.3, 0.4) is 0 Å². The van der Waals surface area contributed by atoms with Gasteiger partial charge < -0.3 is 10.0 Å². The zero-order chi connectivity index (χ0) is 15.9. The molecule has 0 unspecified atom stereocenters. The lowest BCUT2D eigenvalue weighted by atomic mass is 10.1. The van der Waals surface area contributed by atoms with E-state index in [1.807, 2.05) is 6.92 Å². The number of hydrogen-bond acceptors (Lipinski definition) is 6. The SMILES string of the molecule is Cc1sc2ncnc(N3CCN(C[C@H](C)O)[C@H](C)C3)c2c1C. The summed E-state index contributed by atoms with van der Waals surface area (Å²) >= 11 is 1.75. The smallest absolute Gasteiger partial charge is 0.141 e. The van der Waals surface area contributed by atoms with Crippen LogP contribution in [0.15, 0.2) is 6.33 Å². The monoisotopic (exact) mass is 320 g/mol. The largest absolute Gasteiger partial charge is 0.392 e. The Morgan fingerprint density at radius 1 is 1.36 bits per heavy atom. The minimum absolute atomic E-state index is 0.276. The highest BCUT2D eigenvalue weighted by molar-refractivity contribution is 7.18. The summed E-state index contributed by atoms with van der Waals surface area (Å²) in [5, 5.41) is 10.8. The van der Waals surface area contributed by atoms with Gasteiger partial charge in [-0.2, -0.15) is 0 Å². The number of anilines is 1. The van der Waals surface area contributed by atoms with Crippen molar-refractivity contribution in [2.45, 2.75) is 39.8 Å². The maximum Gasteiger partial charge on any atom is 0.141 e. The van der Waals surface area contributed by atoms with Gasteiger partial charge in [0.2, 0.25) is 0 Å².